The van der Waals surface area contributed by atoms with Crippen molar-refractivity contribution in [2.45, 2.75) is 6.42 Å². The Morgan fingerprint density at radius 1 is 1.21 bits per heavy atom. The number of aromatic nitrogens is 1. The predicted molar refractivity (Wildman–Crippen MR) is 92.0 cm³/mol. The molecule has 0 spiro atoms. The number of carbonyl (C=O) groups excluding carboxylic acids is 1. The maximum atomic E-state index is 12.8. The molecular formula is C18H18FN3O2. The van der Waals surface area contributed by atoms with Gasteiger partial charge in [-0.15, -0.1) is 0 Å². The van der Waals surface area contributed by atoms with Gasteiger partial charge in [-0.05, 0) is 48.4 Å². The van der Waals surface area contributed by atoms with Crippen LogP contribution in [-0.4, -0.2) is 24.7 Å². The van der Waals surface area contributed by atoms with Crippen molar-refractivity contribution in [3.8, 4) is 5.75 Å². The fraction of sp³-hybridized carbons (Fsp3) is 0.167. The molecule has 0 aliphatic rings. The Labute approximate surface area is 138 Å². The summed E-state index contributed by atoms with van der Waals surface area (Å²) in [5, 5.41) is 6.56. The van der Waals surface area contributed by atoms with Crippen molar-refractivity contribution in [3.05, 3.63) is 60.0 Å². The van der Waals surface area contributed by atoms with Crippen LogP contribution in [0.3, 0.4) is 0 Å². The standard InChI is InChI=1S/C18H18FN3O2/c1-24-15-6-7-16-12(11-21-17(16)10-15)8-9-20-18(23)22-14-4-2-13(19)3-5-14/h2-7,10-11,21H,8-9H2,1H3,(H2,20,22,23). The van der Waals surface area contributed by atoms with Gasteiger partial charge < -0.3 is 20.4 Å². The number of urea groups is 1. The zero-order chi connectivity index (χ0) is 16.9. The van der Waals surface area contributed by atoms with Crippen LogP contribution in [0.1, 0.15) is 5.56 Å². The molecule has 0 aliphatic carbocycles. The van der Waals surface area contributed by atoms with Gasteiger partial charge >= 0.3 is 6.03 Å². The first-order valence-electron chi connectivity index (χ1n) is 7.60. The number of rotatable bonds is 5. The van der Waals surface area contributed by atoms with Gasteiger partial charge in [0.05, 0.1) is 7.11 Å². The second-order valence-corrected chi connectivity index (χ2v) is 5.36. The van der Waals surface area contributed by atoms with E-state index in [9.17, 15) is 9.18 Å². The quantitative estimate of drug-likeness (QED) is 0.669. The van der Waals surface area contributed by atoms with E-state index in [0.717, 1.165) is 22.2 Å². The van der Waals surface area contributed by atoms with Crippen molar-refractivity contribution in [1.29, 1.82) is 0 Å². The maximum Gasteiger partial charge on any atom is 0.319 e. The number of carbonyl (C=O) groups is 1. The van der Waals surface area contributed by atoms with Gasteiger partial charge in [-0.3, -0.25) is 0 Å². The lowest BCUT2D eigenvalue weighted by molar-refractivity contribution is 0.252. The van der Waals surface area contributed by atoms with E-state index in [2.05, 4.69) is 15.6 Å². The number of fused-ring (bicyclic) bond motifs is 1. The highest BCUT2D eigenvalue weighted by Crippen LogP contribution is 2.23. The number of nitrogens with one attached hydrogen (secondary N) is 3. The molecule has 0 aliphatic heterocycles. The van der Waals surface area contributed by atoms with Gasteiger partial charge in [0.25, 0.3) is 0 Å². The van der Waals surface area contributed by atoms with Crippen molar-refractivity contribution < 1.29 is 13.9 Å². The van der Waals surface area contributed by atoms with Gasteiger partial charge in [0, 0.05) is 35.4 Å². The van der Waals surface area contributed by atoms with E-state index >= 15 is 0 Å². The molecule has 0 atom stereocenters. The molecule has 5 nitrogen and oxygen atoms in total. The summed E-state index contributed by atoms with van der Waals surface area (Å²) in [7, 11) is 1.63. The molecule has 0 saturated heterocycles. The van der Waals surface area contributed by atoms with Crippen molar-refractivity contribution in [3.63, 3.8) is 0 Å². The average molecular weight is 327 g/mol. The molecule has 0 fully saturated rings. The second-order valence-electron chi connectivity index (χ2n) is 5.36. The molecule has 3 N–H and O–H groups in total. The Morgan fingerprint density at radius 3 is 2.75 bits per heavy atom. The van der Waals surface area contributed by atoms with E-state index in [0.29, 0.717) is 18.7 Å². The molecule has 2 amide bonds. The number of amides is 2. The fourth-order valence-electron chi connectivity index (χ4n) is 2.52. The Morgan fingerprint density at radius 2 is 2.00 bits per heavy atom. The highest BCUT2D eigenvalue weighted by atomic mass is 19.1. The van der Waals surface area contributed by atoms with Crippen molar-refractivity contribution in [1.82, 2.24) is 10.3 Å². The Bertz CT molecular complexity index is 843. The highest BCUT2D eigenvalue weighted by molar-refractivity contribution is 5.89. The number of H-pyrrole nitrogens is 1. The molecule has 124 valence electrons. The van der Waals surface area contributed by atoms with Gasteiger partial charge in [-0.25, -0.2) is 9.18 Å². The molecule has 1 heterocycles. The topological polar surface area (TPSA) is 66.2 Å². The van der Waals surface area contributed by atoms with Crippen LogP contribution < -0.4 is 15.4 Å². The largest absolute Gasteiger partial charge is 0.497 e. The van der Waals surface area contributed by atoms with Crippen molar-refractivity contribution in [2.24, 2.45) is 0 Å². The van der Waals surface area contributed by atoms with E-state index in [-0.39, 0.29) is 11.8 Å². The minimum Gasteiger partial charge on any atom is -0.497 e. The van der Waals surface area contributed by atoms with Gasteiger partial charge in [0.1, 0.15) is 11.6 Å². The third kappa shape index (κ3) is 3.65. The summed E-state index contributed by atoms with van der Waals surface area (Å²) in [6.45, 7) is 0.492. The molecule has 0 radical (unpaired) electrons. The van der Waals surface area contributed by atoms with Gasteiger partial charge in [0.15, 0.2) is 0 Å². The fourth-order valence-corrected chi connectivity index (χ4v) is 2.52. The molecule has 0 saturated carbocycles. The van der Waals surface area contributed by atoms with Crippen LogP contribution in [0, 0.1) is 5.82 Å². The van der Waals surface area contributed by atoms with Gasteiger partial charge in [0.2, 0.25) is 0 Å². The Kier molecular flexibility index (Phi) is 4.65. The number of ether oxygens (including phenoxy) is 1. The second kappa shape index (κ2) is 7.04. The molecule has 1 aromatic heterocycles. The summed E-state index contributed by atoms with van der Waals surface area (Å²) in [5.74, 6) is 0.463. The molecule has 0 unspecified atom stereocenters. The zero-order valence-electron chi connectivity index (χ0n) is 13.2. The molecule has 3 rings (SSSR count). The van der Waals surface area contributed by atoms with E-state index in [4.69, 9.17) is 4.74 Å². The van der Waals surface area contributed by atoms with Crippen LogP contribution in [0.25, 0.3) is 10.9 Å². The normalized spacial score (nSPS) is 10.6. The molecular weight excluding hydrogens is 309 g/mol. The summed E-state index contributed by atoms with van der Waals surface area (Å²) in [4.78, 5) is 15.0. The lowest BCUT2D eigenvalue weighted by atomic mass is 10.1. The van der Waals surface area contributed by atoms with Crippen LogP contribution in [-0.2, 0) is 6.42 Å². The van der Waals surface area contributed by atoms with E-state index in [1.165, 1.54) is 24.3 Å². The van der Waals surface area contributed by atoms with Crippen LogP contribution in [0.4, 0.5) is 14.9 Å². The molecule has 24 heavy (non-hydrogen) atoms. The first-order chi connectivity index (χ1) is 11.7. The summed E-state index contributed by atoms with van der Waals surface area (Å²) in [6.07, 6.45) is 2.63. The average Bonchev–Trinajstić information content (AvgIpc) is 2.99. The van der Waals surface area contributed by atoms with Crippen LogP contribution in [0.15, 0.2) is 48.7 Å². The number of methoxy groups -OCH3 is 1. The third-order valence-electron chi connectivity index (χ3n) is 3.76. The minimum atomic E-state index is -0.336. The number of benzene rings is 2. The van der Waals surface area contributed by atoms with Crippen molar-refractivity contribution >= 4 is 22.6 Å². The van der Waals surface area contributed by atoms with Crippen molar-refractivity contribution in [2.75, 3.05) is 19.0 Å². The predicted octanol–water partition coefficient (Wildman–Crippen LogP) is 3.68. The lowest BCUT2D eigenvalue weighted by Gasteiger charge is -2.07. The maximum absolute atomic E-state index is 12.8. The Hall–Kier alpha value is -3.02. The number of aromatic amines is 1. The van der Waals surface area contributed by atoms with Crippen LogP contribution in [0.5, 0.6) is 5.75 Å². The summed E-state index contributed by atoms with van der Waals surface area (Å²) >= 11 is 0. The van der Waals surface area contributed by atoms with E-state index in [1.54, 1.807) is 7.11 Å². The summed E-state index contributed by atoms with van der Waals surface area (Å²) in [5.41, 5.74) is 2.67. The van der Waals surface area contributed by atoms with E-state index < -0.39 is 0 Å². The van der Waals surface area contributed by atoms with Crippen LogP contribution >= 0.6 is 0 Å². The number of hydrogen-bond donors (Lipinski definition) is 3. The monoisotopic (exact) mass is 327 g/mol. The van der Waals surface area contributed by atoms with E-state index in [1.807, 2.05) is 24.4 Å². The molecule has 6 heteroatoms. The first kappa shape index (κ1) is 15.9. The molecule has 0 bridgehead atoms. The zero-order valence-corrected chi connectivity index (χ0v) is 13.2. The van der Waals surface area contributed by atoms with Gasteiger partial charge in [-0.1, -0.05) is 0 Å². The minimum absolute atomic E-state index is 0.317. The number of hydrogen-bond acceptors (Lipinski definition) is 2. The summed E-state index contributed by atoms with van der Waals surface area (Å²) < 4.78 is 18.0. The van der Waals surface area contributed by atoms with Gasteiger partial charge in [-0.2, -0.15) is 0 Å². The molecule has 3 aromatic rings. The smallest absolute Gasteiger partial charge is 0.319 e. The SMILES string of the molecule is COc1ccc2c(CCNC(=O)Nc3ccc(F)cc3)c[nH]c2c1. The number of anilines is 1. The first-order valence-corrected chi connectivity index (χ1v) is 7.60. The summed E-state index contributed by atoms with van der Waals surface area (Å²) in [6, 6.07) is 11.2. The van der Waals surface area contributed by atoms with Crippen LogP contribution in [0.2, 0.25) is 0 Å². The highest BCUT2D eigenvalue weighted by Gasteiger charge is 2.06. The third-order valence-corrected chi connectivity index (χ3v) is 3.76. The Balaban J connectivity index is 1.54. The lowest BCUT2D eigenvalue weighted by Crippen LogP contribution is -2.30. The molecule has 2 aromatic carbocycles. The number of halogens is 1.